The fourth-order valence-corrected chi connectivity index (χ4v) is 2.03. The lowest BCUT2D eigenvalue weighted by atomic mass is 10.1. The van der Waals surface area contributed by atoms with Gasteiger partial charge in [-0.15, -0.1) is 11.8 Å². The molecule has 1 aromatic carbocycles. The van der Waals surface area contributed by atoms with Crippen LogP contribution in [0, 0.1) is 12.0 Å². The molecule has 0 saturated carbocycles. The summed E-state index contributed by atoms with van der Waals surface area (Å²) in [6.45, 7) is 4.29. The molecule has 1 aromatic rings. The molecule has 0 fully saturated rings. The van der Waals surface area contributed by atoms with E-state index in [0.717, 1.165) is 0 Å². The Balaban J connectivity index is 2.75. The van der Waals surface area contributed by atoms with Crippen LogP contribution in [0.5, 0.6) is 0 Å². The van der Waals surface area contributed by atoms with Crippen LogP contribution in [0.4, 0.5) is 0 Å². The molecule has 0 unspecified atom stereocenters. The molecule has 0 bridgehead atoms. The van der Waals surface area contributed by atoms with Crippen molar-refractivity contribution in [1.29, 1.82) is 0 Å². The smallest absolute Gasteiger partial charge is 0.237 e. The largest absolute Gasteiger partial charge is 0.338 e. The van der Waals surface area contributed by atoms with Crippen LogP contribution in [0.15, 0.2) is 29.2 Å². The van der Waals surface area contributed by atoms with Gasteiger partial charge in [0, 0.05) is 35.8 Å². The second kappa shape index (κ2) is 6.36. The first-order valence-corrected chi connectivity index (χ1v) is 6.37. The number of ketones is 1. The summed E-state index contributed by atoms with van der Waals surface area (Å²) in [7, 11) is 3.62. The Labute approximate surface area is 107 Å². The van der Waals surface area contributed by atoms with Gasteiger partial charge < -0.3 is 4.90 Å². The van der Waals surface area contributed by atoms with E-state index in [1.54, 1.807) is 16.7 Å². The van der Waals surface area contributed by atoms with Crippen molar-refractivity contribution in [3.8, 4) is 12.0 Å². The van der Waals surface area contributed by atoms with E-state index >= 15 is 0 Å². The summed E-state index contributed by atoms with van der Waals surface area (Å²) in [6.07, 6.45) is 0. The van der Waals surface area contributed by atoms with Crippen molar-refractivity contribution in [3.05, 3.63) is 29.8 Å². The number of hydrogen-bond donors (Lipinski definition) is 0. The zero-order valence-corrected chi connectivity index (χ0v) is 11.5. The van der Waals surface area contributed by atoms with Gasteiger partial charge in [0.15, 0.2) is 0 Å². The molecule has 0 heterocycles. The van der Waals surface area contributed by atoms with Crippen LogP contribution in [0.25, 0.3) is 0 Å². The molecule has 0 aliphatic rings. The summed E-state index contributed by atoms with van der Waals surface area (Å²) in [5.74, 6) is 2.45. The molecule has 0 atom stereocenters. The fourth-order valence-electron chi connectivity index (χ4n) is 1.19. The third-order valence-corrected chi connectivity index (χ3v) is 2.90. The minimum absolute atomic E-state index is 0.139. The van der Waals surface area contributed by atoms with Gasteiger partial charge >= 0.3 is 0 Å². The van der Waals surface area contributed by atoms with Crippen LogP contribution in [-0.4, -0.2) is 30.0 Å². The number of hydrogen-bond acceptors (Lipinski definition) is 3. The van der Waals surface area contributed by atoms with E-state index < -0.39 is 0 Å². The van der Waals surface area contributed by atoms with Crippen molar-refractivity contribution in [3.63, 3.8) is 0 Å². The SMILES string of the molecule is CC(C)Sc1ccc(C(=O)C#CN(C)C)cc1. The molecule has 1 rings (SSSR count). The van der Waals surface area contributed by atoms with E-state index in [2.05, 4.69) is 25.8 Å². The third kappa shape index (κ3) is 4.97. The van der Waals surface area contributed by atoms with E-state index in [4.69, 9.17) is 0 Å². The van der Waals surface area contributed by atoms with Gasteiger partial charge in [-0.05, 0) is 30.2 Å². The summed E-state index contributed by atoms with van der Waals surface area (Å²) in [5.41, 5.74) is 0.646. The fraction of sp³-hybridized carbons (Fsp3) is 0.357. The van der Waals surface area contributed by atoms with E-state index in [9.17, 15) is 4.79 Å². The number of benzene rings is 1. The van der Waals surface area contributed by atoms with Crippen LogP contribution in [-0.2, 0) is 0 Å². The summed E-state index contributed by atoms with van der Waals surface area (Å²) >= 11 is 1.78. The molecule has 0 aliphatic carbocycles. The van der Waals surface area contributed by atoms with Crippen molar-refractivity contribution < 1.29 is 4.79 Å². The molecule has 3 heteroatoms. The first-order valence-electron chi connectivity index (χ1n) is 5.49. The van der Waals surface area contributed by atoms with Crippen molar-refractivity contribution in [2.45, 2.75) is 24.0 Å². The number of rotatable bonds is 3. The van der Waals surface area contributed by atoms with Gasteiger partial charge in [-0.3, -0.25) is 4.79 Å². The van der Waals surface area contributed by atoms with Crippen LogP contribution in [0.3, 0.4) is 0 Å². The van der Waals surface area contributed by atoms with Gasteiger partial charge in [0.1, 0.15) is 0 Å². The molecule has 0 spiro atoms. The molecule has 90 valence electrons. The summed E-state index contributed by atoms with van der Waals surface area (Å²) in [4.78, 5) is 14.5. The molecule has 0 amide bonds. The van der Waals surface area contributed by atoms with Gasteiger partial charge in [-0.1, -0.05) is 13.8 Å². The second-order valence-corrected chi connectivity index (χ2v) is 5.80. The maximum Gasteiger partial charge on any atom is 0.237 e. The normalized spacial score (nSPS) is 9.71. The molecule has 0 saturated heterocycles. The maximum atomic E-state index is 11.7. The highest BCUT2D eigenvalue weighted by Gasteiger charge is 2.03. The summed E-state index contributed by atoms with van der Waals surface area (Å²) in [5, 5.41) is 0.546. The number of carbonyl (C=O) groups is 1. The lowest BCUT2D eigenvalue weighted by Gasteiger charge is -2.04. The Morgan fingerprint density at radius 3 is 2.29 bits per heavy atom. The Morgan fingerprint density at radius 2 is 1.82 bits per heavy atom. The number of thioether (sulfide) groups is 1. The van der Waals surface area contributed by atoms with Crippen molar-refractivity contribution in [1.82, 2.24) is 4.90 Å². The van der Waals surface area contributed by atoms with Crippen LogP contribution < -0.4 is 0 Å². The quantitative estimate of drug-likeness (QED) is 0.354. The average molecular weight is 247 g/mol. The molecular weight excluding hydrogens is 230 g/mol. The molecular formula is C14H17NOS. The van der Waals surface area contributed by atoms with Gasteiger partial charge in [0.25, 0.3) is 0 Å². The van der Waals surface area contributed by atoms with Crippen LogP contribution in [0.1, 0.15) is 24.2 Å². The van der Waals surface area contributed by atoms with Crippen LogP contribution in [0.2, 0.25) is 0 Å². The summed E-state index contributed by atoms with van der Waals surface area (Å²) in [6, 6.07) is 10.3. The van der Waals surface area contributed by atoms with Gasteiger partial charge in [-0.25, -0.2) is 0 Å². The molecule has 17 heavy (non-hydrogen) atoms. The van der Waals surface area contributed by atoms with Gasteiger partial charge in [0.2, 0.25) is 5.78 Å². The lowest BCUT2D eigenvalue weighted by molar-refractivity contribution is 0.105. The highest BCUT2D eigenvalue weighted by atomic mass is 32.2. The highest BCUT2D eigenvalue weighted by Crippen LogP contribution is 2.22. The van der Waals surface area contributed by atoms with Crippen LogP contribution >= 0.6 is 11.8 Å². The second-order valence-electron chi connectivity index (χ2n) is 4.15. The highest BCUT2D eigenvalue weighted by molar-refractivity contribution is 7.99. The van der Waals surface area contributed by atoms with Crippen molar-refractivity contribution >= 4 is 17.5 Å². The monoisotopic (exact) mass is 247 g/mol. The van der Waals surface area contributed by atoms with E-state index in [-0.39, 0.29) is 5.78 Å². The Kier molecular flexibility index (Phi) is 5.11. The number of Topliss-reactive ketones (excluding diaryl/α,β-unsaturated/α-hetero) is 1. The maximum absolute atomic E-state index is 11.7. The zero-order chi connectivity index (χ0) is 12.8. The molecule has 2 nitrogen and oxygen atoms in total. The van der Waals surface area contributed by atoms with Crippen molar-refractivity contribution in [2.24, 2.45) is 0 Å². The Morgan fingerprint density at radius 1 is 1.24 bits per heavy atom. The molecule has 0 aliphatic heterocycles. The standard InChI is InChI=1S/C14H17NOS/c1-11(2)17-13-7-5-12(6-8-13)14(16)9-10-15(3)4/h5-8,11H,1-4H3. The van der Waals surface area contributed by atoms with Gasteiger partial charge in [0.05, 0.1) is 0 Å². The molecule has 0 aromatic heterocycles. The molecule has 0 radical (unpaired) electrons. The Bertz CT molecular complexity index is 438. The molecule has 0 N–H and O–H groups in total. The number of nitrogens with zero attached hydrogens (tertiary/aromatic N) is 1. The predicted octanol–water partition coefficient (Wildman–Crippen LogP) is 2.89. The minimum Gasteiger partial charge on any atom is -0.338 e. The van der Waals surface area contributed by atoms with E-state index in [0.29, 0.717) is 10.8 Å². The van der Waals surface area contributed by atoms with E-state index in [1.807, 2.05) is 38.4 Å². The predicted molar refractivity (Wildman–Crippen MR) is 73.2 cm³/mol. The summed E-state index contributed by atoms with van der Waals surface area (Å²) < 4.78 is 0. The average Bonchev–Trinajstić information content (AvgIpc) is 2.26. The Hall–Kier alpha value is -1.40. The van der Waals surface area contributed by atoms with E-state index in [1.165, 1.54) is 4.90 Å². The zero-order valence-electron chi connectivity index (χ0n) is 10.7. The van der Waals surface area contributed by atoms with Crippen molar-refractivity contribution in [2.75, 3.05) is 14.1 Å². The topological polar surface area (TPSA) is 20.3 Å². The first kappa shape index (κ1) is 13.7. The van der Waals surface area contributed by atoms with Gasteiger partial charge in [-0.2, -0.15) is 0 Å². The lowest BCUT2D eigenvalue weighted by Crippen LogP contribution is -2.03. The minimum atomic E-state index is -0.139. The number of carbonyl (C=O) groups excluding carboxylic acids is 1. The first-order chi connectivity index (χ1) is 7.99. The third-order valence-electron chi connectivity index (χ3n) is 1.88.